The van der Waals surface area contributed by atoms with E-state index in [0.29, 0.717) is 24.2 Å². The highest BCUT2D eigenvalue weighted by atomic mass is 35.5. The van der Waals surface area contributed by atoms with Gasteiger partial charge in [0.2, 0.25) is 0 Å². The first-order chi connectivity index (χ1) is 9.20. The number of nitrogens with one attached hydrogen (secondary N) is 1. The Kier molecular flexibility index (Phi) is 5.05. The molecular formula is C14H18ClNO3. The van der Waals surface area contributed by atoms with Crippen molar-refractivity contribution in [3.8, 4) is 5.75 Å². The highest BCUT2D eigenvalue weighted by molar-refractivity contribution is 6.31. The van der Waals surface area contributed by atoms with Crippen LogP contribution in [-0.2, 0) is 16.1 Å². The number of carbonyl (C=O) groups excluding carboxylic acids is 1. The van der Waals surface area contributed by atoms with Gasteiger partial charge in [-0.25, -0.2) is 0 Å². The number of carbonyl (C=O) groups is 1. The van der Waals surface area contributed by atoms with E-state index >= 15 is 0 Å². The van der Waals surface area contributed by atoms with Crippen LogP contribution in [0, 0.1) is 0 Å². The van der Waals surface area contributed by atoms with Gasteiger partial charge in [-0.3, -0.25) is 4.79 Å². The van der Waals surface area contributed by atoms with Gasteiger partial charge in [0.05, 0.1) is 20.1 Å². The van der Waals surface area contributed by atoms with E-state index in [0.717, 1.165) is 11.3 Å². The van der Waals surface area contributed by atoms with Gasteiger partial charge in [-0.05, 0) is 25.0 Å². The molecule has 0 aromatic heterocycles. The number of methoxy groups -OCH3 is 1. The van der Waals surface area contributed by atoms with Crippen LogP contribution in [0.2, 0.25) is 5.02 Å². The Labute approximate surface area is 118 Å². The Balaban J connectivity index is 1.93. The number of rotatable bonds is 7. The third-order valence-electron chi connectivity index (χ3n) is 3.01. The average molecular weight is 284 g/mol. The van der Waals surface area contributed by atoms with Gasteiger partial charge in [0, 0.05) is 23.2 Å². The Morgan fingerprint density at radius 1 is 1.47 bits per heavy atom. The van der Waals surface area contributed by atoms with Gasteiger partial charge in [0.25, 0.3) is 0 Å². The molecule has 1 N–H and O–H groups in total. The van der Waals surface area contributed by atoms with E-state index < -0.39 is 0 Å². The van der Waals surface area contributed by atoms with Crippen molar-refractivity contribution in [3.63, 3.8) is 0 Å². The number of benzene rings is 1. The summed E-state index contributed by atoms with van der Waals surface area (Å²) < 4.78 is 10.2. The van der Waals surface area contributed by atoms with Gasteiger partial charge in [-0.2, -0.15) is 0 Å². The molecule has 0 saturated heterocycles. The number of hydrogen-bond acceptors (Lipinski definition) is 4. The van der Waals surface area contributed by atoms with Crippen LogP contribution < -0.4 is 10.1 Å². The molecule has 0 heterocycles. The summed E-state index contributed by atoms with van der Waals surface area (Å²) in [4.78, 5) is 11.0. The molecule has 0 unspecified atom stereocenters. The molecule has 1 aliphatic carbocycles. The van der Waals surface area contributed by atoms with Crippen molar-refractivity contribution in [2.45, 2.75) is 31.8 Å². The lowest BCUT2D eigenvalue weighted by Gasteiger charge is -2.13. The van der Waals surface area contributed by atoms with Crippen LogP contribution in [0.15, 0.2) is 18.2 Å². The second-order valence-electron chi connectivity index (χ2n) is 4.55. The average Bonchev–Trinajstić information content (AvgIpc) is 3.22. The minimum atomic E-state index is -0.278. The molecule has 0 radical (unpaired) electrons. The van der Waals surface area contributed by atoms with Crippen LogP contribution in [-0.4, -0.2) is 25.7 Å². The fraction of sp³-hybridized carbons (Fsp3) is 0.500. The third-order valence-corrected chi connectivity index (χ3v) is 3.37. The summed E-state index contributed by atoms with van der Waals surface area (Å²) in [5.74, 6) is 0.448. The van der Waals surface area contributed by atoms with E-state index in [1.54, 1.807) is 0 Å². The van der Waals surface area contributed by atoms with Crippen molar-refractivity contribution in [1.29, 1.82) is 0 Å². The highest BCUT2D eigenvalue weighted by Gasteiger charge is 2.21. The molecule has 1 saturated carbocycles. The third kappa shape index (κ3) is 4.40. The zero-order chi connectivity index (χ0) is 13.7. The first kappa shape index (κ1) is 14.2. The van der Waals surface area contributed by atoms with E-state index in [1.807, 2.05) is 18.2 Å². The summed E-state index contributed by atoms with van der Waals surface area (Å²) in [5.41, 5.74) is 0.945. The predicted molar refractivity (Wildman–Crippen MR) is 73.4 cm³/mol. The standard InChI is InChI=1S/C14H18ClNO3/c1-18-14(17)7-8-19-13-4-2-3-12(15)11(13)9-16-10-5-6-10/h2-4,10,16H,5-9H2,1H3. The lowest BCUT2D eigenvalue weighted by molar-refractivity contribution is -0.141. The van der Waals surface area contributed by atoms with Crippen molar-refractivity contribution >= 4 is 17.6 Å². The van der Waals surface area contributed by atoms with Crippen LogP contribution in [0.3, 0.4) is 0 Å². The first-order valence-electron chi connectivity index (χ1n) is 6.41. The largest absolute Gasteiger partial charge is 0.493 e. The van der Waals surface area contributed by atoms with Crippen LogP contribution in [0.1, 0.15) is 24.8 Å². The van der Waals surface area contributed by atoms with E-state index in [2.05, 4.69) is 10.1 Å². The smallest absolute Gasteiger partial charge is 0.308 e. The van der Waals surface area contributed by atoms with Crippen molar-refractivity contribution < 1.29 is 14.3 Å². The van der Waals surface area contributed by atoms with Crippen molar-refractivity contribution in [2.75, 3.05) is 13.7 Å². The van der Waals surface area contributed by atoms with E-state index in [-0.39, 0.29) is 12.4 Å². The molecule has 1 aromatic carbocycles. The van der Waals surface area contributed by atoms with E-state index in [4.69, 9.17) is 16.3 Å². The molecule has 0 atom stereocenters. The molecule has 0 aliphatic heterocycles. The Morgan fingerprint density at radius 3 is 2.95 bits per heavy atom. The minimum absolute atomic E-state index is 0.235. The summed E-state index contributed by atoms with van der Waals surface area (Å²) in [5, 5.41) is 4.09. The van der Waals surface area contributed by atoms with Crippen LogP contribution in [0.25, 0.3) is 0 Å². The molecule has 1 fully saturated rings. The van der Waals surface area contributed by atoms with Crippen molar-refractivity contribution in [2.24, 2.45) is 0 Å². The normalized spacial score (nSPS) is 14.2. The fourth-order valence-corrected chi connectivity index (χ4v) is 1.96. The second kappa shape index (κ2) is 6.78. The molecule has 0 bridgehead atoms. The van der Waals surface area contributed by atoms with Gasteiger partial charge in [-0.1, -0.05) is 17.7 Å². The maximum Gasteiger partial charge on any atom is 0.308 e. The Bertz CT molecular complexity index is 446. The predicted octanol–water partition coefficient (Wildman–Crippen LogP) is 2.53. The quantitative estimate of drug-likeness (QED) is 0.781. The maximum absolute atomic E-state index is 11.0. The molecule has 1 aliphatic rings. The van der Waals surface area contributed by atoms with Crippen molar-refractivity contribution in [3.05, 3.63) is 28.8 Å². The fourth-order valence-electron chi connectivity index (χ4n) is 1.73. The van der Waals surface area contributed by atoms with Gasteiger partial charge in [-0.15, -0.1) is 0 Å². The monoisotopic (exact) mass is 283 g/mol. The molecule has 2 rings (SSSR count). The van der Waals surface area contributed by atoms with Gasteiger partial charge in [0.15, 0.2) is 0 Å². The second-order valence-corrected chi connectivity index (χ2v) is 4.95. The zero-order valence-electron chi connectivity index (χ0n) is 10.9. The van der Waals surface area contributed by atoms with Crippen LogP contribution in [0.4, 0.5) is 0 Å². The highest BCUT2D eigenvalue weighted by Crippen LogP contribution is 2.28. The number of ether oxygens (including phenoxy) is 2. The molecule has 0 amide bonds. The number of esters is 1. The lowest BCUT2D eigenvalue weighted by atomic mass is 10.2. The molecule has 19 heavy (non-hydrogen) atoms. The molecule has 104 valence electrons. The van der Waals surface area contributed by atoms with E-state index in [1.165, 1.54) is 20.0 Å². The van der Waals surface area contributed by atoms with Gasteiger partial charge in [0.1, 0.15) is 5.75 Å². The summed E-state index contributed by atoms with van der Waals surface area (Å²) in [6.07, 6.45) is 2.68. The summed E-state index contributed by atoms with van der Waals surface area (Å²) in [6.45, 7) is 0.987. The number of halogens is 1. The van der Waals surface area contributed by atoms with E-state index in [9.17, 15) is 4.79 Å². The Hall–Kier alpha value is -1.26. The zero-order valence-corrected chi connectivity index (χ0v) is 11.7. The van der Waals surface area contributed by atoms with Crippen molar-refractivity contribution in [1.82, 2.24) is 5.32 Å². The minimum Gasteiger partial charge on any atom is -0.493 e. The molecule has 4 nitrogen and oxygen atoms in total. The van der Waals surface area contributed by atoms with Gasteiger partial charge < -0.3 is 14.8 Å². The maximum atomic E-state index is 11.0. The molecular weight excluding hydrogens is 266 g/mol. The van der Waals surface area contributed by atoms with Gasteiger partial charge >= 0.3 is 5.97 Å². The first-order valence-corrected chi connectivity index (χ1v) is 6.79. The van der Waals surface area contributed by atoms with Crippen LogP contribution >= 0.6 is 11.6 Å². The van der Waals surface area contributed by atoms with Crippen LogP contribution in [0.5, 0.6) is 5.75 Å². The molecule has 1 aromatic rings. The molecule has 0 spiro atoms. The summed E-state index contributed by atoms with van der Waals surface area (Å²) in [6, 6.07) is 6.17. The Morgan fingerprint density at radius 2 is 2.26 bits per heavy atom. The lowest BCUT2D eigenvalue weighted by Crippen LogP contribution is -2.17. The summed E-state index contributed by atoms with van der Waals surface area (Å²) in [7, 11) is 1.37. The summed E-state index contributed by atoms with van der Waals surface area (Å²) >= 11 is 6.19. The topological polar surface area (TPSA) is 47.6 Å². The molecule has 5 heteroatoms. The number of hydrogen-bond donors (Lipinski definition) is 1. The SMILES string of the molecule is COC(=O)CCOc1cccc(Cl)c1CNC1CC1.